The van der Waals surface area contributed by atoms with Crippen molar-refractivity contribution in [3.05, 3.63) is 54.0 Å². The van der Waals surface area contributed by atoms with E-state index in [1.54, 1.807) is 62.2 Å². The highest BCUT2D eigenvalue weighted by Crippen LogP contribution is 2.30. The number of rotatable bonds is 5. The van der Waals surface area contributed by atoms with Gasteiger partial charge in [-0.25, -0.2) is 9.07 Å². The molecule has 0 aliphatic rings. The van der Waals surface area contributed by atoms with Gasteiger partial charge < -0.3 is 14.0 Å². The van der Waals surface area contributed by atoms with Gasteiger partial charge in [0.25, 0.3) is 5.89 Å². The van der Waals surface area contributed by atoms with E-state index in [9.17, 15) is 4.39 Å². The van der Waals surface area contributed by atoms with Crippen LogP contribution < -0.4 is 9.47 Å². The molecule has 0 N–H and O–H groups in total. The molecule has 8 nitrogen and oxygen atoms in total. The first-order valence-electron chi connectivity index (χ1n) is 8.36. The van der Waals surface area contributed by atoms with E-state index >= 15 is 0 Å². The average Bonchev–Trinajstić information content (AvgIpc) is 3.34. The lowest BCUT2D eigenvalue weighted by Crippen LogP contribution is -2.02. The number of ether oxygens (including phenoxy) is 2. The first-order chi connectivity index (χ1) is 13.6. The van der Waals surface area contributed by atoms with Crippen LogP contribution in [-0.2, 0) is 0 Å². The second-order valence-electron chi connectivity index (χ2n) is 5.88. The molecule has 0 aliphatic heterocycles. The Balaban J connectivity index is 1.76. The Morgan fingerprint density at radius 1 is 1.07 bits per heavy atom. The Bertz CT molecular complexity index is 1140. The predicted molar refractivity (Wildman–Crippen MR) is 97.9 cm³/mol. The fraction of sp³-hybridized carbons (Fsp3) is 0.158. The summed E-state index contributed by atoms with van der Waals surface area (Å²) in [6.07, 6.45) is 0. The van der Waals surface area contributed by atoms with Gasteiger partial charge >= 0.3 is 0 Å². The Hall–Kier alpha value is -3.75. The van der Waals surface area contributed by atoms with Crippen molar-refractivity contribution >= 4 is 0 Å². The largest absolute Gasteiger partial charge is 0.497 e. The number of benzene rings is 2. The van der Waals surface area contributed by atoms with Gasteiger partial charge in [0, 0.05) is 6.07 Å². The van der Waals surface area contributed by atoms with Crippen molar-refractivity contribution in [1.29, 1.82) is 0 Å². The average molecular weight is 381 g/mol. The van der Waals surface area contributed by atoms with Crippen LogP contribution in [0.2, 0.25) is 0 Å². The summed E-state index contributed by atoms with van der Waals surface area (Å²) in [4.78, 5) is 4.27. The maximum atomic E-state index is 14.0. The van der Waals surface area contributed by atoms with E-state index in [-0.39, 0.29) is 17.3 Å². The van der Waals surface area contributed by atoms with Crippen LogP contribution in [0.4, 0.5) is 4.39 Å². The van der Waals surface area contributed by atoms with E-state index in [1.807, 2.05) is 0 Å². The summed E-state index contributed by atoms with van der Waals surface area (Å²) in [6.45, 7) is 1.81. The monoisotopic (exact) mass is 381 g/mol. The van der Waals surface area contributed by atoms with Crippen LogP contribution in [0.5, 0.6) is 11.5 Å². The summed E-state index contributed by atoms with van der Waals surface area (Å²) < 4.78 is 31.5. The molecule has 0 bridgehead atoms. The zero-order valence-corrected chi connectivity index (χ0v) is 15.4. The summed E-state index contributed by atoms with van der Waals surface area (Å²) in [6, 6.07) is 11.5. The smallest absolute Gasteiger partial charge is 0.280 e. The minimum absolute atomic E-state index is 0.140. The van der Waals surface area contributed by atoms with E-state index in [2.05, 4.69) is 20.5 Å². The summed E-state index contributed by atoms with van der Waals surface area (Å²) in [5.41, 5.74) is 1.93. The van der Waals surface area contributed by atoms with Crippen LogP contribution in [0.1, 0.15) is 5.69 Å². The second kappa shape index (κ2) is 7.10. The third kappa shape index (κ3) is 2.96. The standard InChI is InChI=1S/C19H16FN5O3/c1-11-17(19-21-18(23-28-19)13-6-4-5-7-14(13)20)22-24-25(11)15-10-12(26-2)8-9-16(15)27-3/h4-10H,1-3H3. The van der Waals surface area contributed by atoms with E-state index in [1.165, 1.54) is 6.07 Å². The molecule has 2 aromatic carbocycles. The van der Waals surface area contributed by atoms with Gasteiger partial charge in [-0.3, -0.25) is 0 Å². The van der Waals surface area contributed by atoms with Gasteiger partial charge in [0.2, 0.25) is 5.82 Å². The summed E-state index contributed by atoms with van der Waals surface area (Å²) >= 11 is 0. The molecule has 2 heterocycles. The van der Waals surface area contributed by atoms with Crippen molar-refractivity contribution in [2.24, 2.45) is 0 Å². The molecule has 0 radical (unpaired) electrons. The Kier molecular flexibility index (Phi) is 4.48. The van der Waals surface area contributed by atoms with E-state index < -0.39 is 5.82 Å². The lowest BCUT2D eigenvalue weighted by Gasteiger charge is -2.11. The van der Waals surface area contributed by atoms with Gasteiger partial charge in [-0.2, -0.15) is 4.98 Å². The van der Waals surface area contributed by atoms with Gasteiger partial charge in [-0.05, 0) is 31.2 Å². The van der Waals surface area contributed by atoms with Crippen molar-refractivity contribution < 1.29 is 18.4 Å². The highest BCUT2D eigenvalue weighted by Gasteiger charge is 2.21. The third-order valence-corrected chi connectivity index (χ3v) is 4.25. The number of hydrogen-bond acceptors (Lipinski definition) is 7. The molecule has 0 spiro atoms. The number of halogens is 1. The van der Waals surface area contributed by atoms with Crippen LogP contribution in [0.15, 0.2) is 47.0 Å². The molecule has 0 atom stereocenters. The zero-order chi connectivity index (χ0) is 19.7. The fourth-order valence-electron chi connectivity index (χ4n) is 2.79. The summed E-state index contributed by atoms with van der Waals surface area (Å²) in [5.74, 6) is 1.09. The molecule has 0 saturated carbocycles. The highest BCUT2D eigenvalue weighted by atomic mass is 19.1. The van der Waals surface area contributed by atoms with Gasteiger partial charge in [-0.15, -0.1) is 5.10 Å². The molecule has 0 saturated heterocycles. The van der Waals surface area contributed by atoms with E-state index in [0.717, 1.165) is 0 Å². The Morgan fingerprint density at radius 2 is 1.89 bits per heavy atom. The van der Waals surface area contributed by atoms with Crippen LogP contribution in [0, 0.1) is 12.7 Å². The van der Waals surface area contributed by atoms with E-state index in [0.29, 0.717) is 28.6 Å². The quantitative estimate of drug-likeness (QED) is 0.523. The maximum absolute atomic E-state index is 14.0. The van der Waals surface area contributed by atoms with E-state index in [4.69, 9.17) is 14.0 Å². The lowest BCUT2D eigenvalue weighted by atomic mass is 10.2. The minimum Gasteiger partial charge on any atom is -0.497 e. The second-order valence-corrected chi connectivity index (χ2v) is 5.88. The molecule has 9 heteroatoms. The topological polar surface area (TPSA) is 88.1 Å². The van der Waals surface area contributed by atoms with Crippen molar-refractivity contribution in [3.63, 3.8) is 0 Å². The molecular formula is C19H16FN5O3. The van der Waals surface area contributed by atoms with Crippen molar-refractivity contribution in [2.75, 3.05) is 14.2 Å². The molecule has 0 unspecified atom stereocenters. The maximum Gasteiger partial charge on any atom is 0.280 e. The lowest BCUT2D eigenvalue weighted by molar-refractivity contribution is 0.400. The number of hydrogen-bond donors (Lipinski definition) is 0. The Morgan fingerprint density at radius 3 is 2.64 bits per heavy atom. The molecule has 0 aliphatic carbocycles. The molecule has 28 heavy (non-hydrogen) atoms. The SMILES string of the molecule is COc1ccc(OC)c(-n2nnc(-c3nc(-c4ccccc4F)no3)c2C)c1. The minimum atomic E-state index is -0.434. The molecule has 4 aromatic rings. The molecule has 142 valence electrons. The van der Waals surface area contributed by atoms with Gasteiger partial charge in [0.15, 0.2) is 5.69 Å². The van der Waals surface area contributed by atoms with Crippen molar-refractivity contribution in [2.45, 2.75) is 6.92 Å². The zero-order valence-electron chi connectivity index (χ0n) is 15.4. The fourth-order valence-corrected chi connectivity index (χ4v) is 2.79. The van der Waals surface area contributed by atoms with Crippen LogP contribution in [0.25, 0.3) is 28.7 Å². The van der Waals surface area contributed by atoms with Gasteiger partial charge in [0.1, 0.15) is 23.0 Å². The third-order valence-electron chi connectivity index (χ3n) is 4.25. The van der Waals surface area contributed by atoms with Gasteiger partial charge in [-0.1, -0.05) is 22.5 Å². The van der Waals surface area contributed by atoms with Crippen LogP contribution >= 0.6 is 0 Å². The highest BCUT2D eigenvalue weighted by molar-refractivity contribution is 5.60. The van der Waals surface area contributed by atoms with Crippen molar-refractivity contribution in [3.8, 4) is 40.2 Å². The molecule has 0 amide bonds. The number of methoxy groups -OCH3 is 2. The molecule has 2 aromatic heterocycles. The predicted octanol–water partition coefficient (Wildman–Crippen LogP) is 3.45. The van der Waals surface area contributed by atoms with Crippen molar-refractivity contribution in [1.82, 2.24) is 25.1 Å². The first-order valence-corrected chi connectivity index (χ1v) is 8.36. The van der Waals surface area contributed by atoms with Crippen LogP contribution in [-0.4, -0.2) is 39.4 Å². The Labute approximate surface area is 159 Å². The molecule has 0 fully saturated rings. The number of aromatic nitrogens is 5. The normalized spacial score (nSPS) is 10.9. The number of nitrogens with zero attached hydrogens (tertiary/aromatic N) is 5. The van der Waals surface area contributed by atoms with Gasteiger partial charge in [0.05, 0.1) is 25.5 Å². The molecular weight excluding hydrogens is 365 g/mol. The summed E-state index contributed by atoms with van der Waals surface area (Å²) in [5, 5.41) is 12.2. The van der Waals surface area contributed by atoms with Crippen LogP contribution in [0.3, 0.4) is 0 Å². The molecule has 4 rings (SSSR count). The summed E-state index contributed by atoms with van der Waals surface area (Å²) in [7, 11) is 3.14. The first kappa shape index (κ1) is 17.7.